The number of hydrogen-bond acceptors (Lipinski definition) is 7. The van der Waals surface area contributed by atoms with Gasteiger partial charge in [0.05, 0.1) is 28.7 Å². The molecule has 0 atom stereocenters. The van der Waals surface area contributed by atoms with Gasteiger partial charge in [-0.05, 0) is 42.1 Å². The van der Waals surface area contributed by atoms with Gasteiger partial charge >= 0.3 is 0 Å². The lowest BCUT2D eigenvalue weighted by Gasteiger charge is -2.26. The molecule has 1 saturated heterocycles. The first kappa shape index (κ1) is 22.5. The Morgan fingerprint density at radius 2 is 1.82 bits per heavy atom. The van der Waals surface area contributed by atoms with E-state index in [1.54, 1.807) is 41.2 Å². The van der Waals surface area contributed by atoms with Crippen molar-refractivity contribution in [3.8, 4) is 16.9 Å². The quantitative estimate of drug-likeness (QED) is 0.540. The van der Waals surface area contributed by atoms with Gasteiger partial charge in [-0.3, -0.25) is 4.79 Å². The Bertz CT molecular complexity index is 1410. The normalized spacial score (nSPS) is 18.4. The van der Waals surface area contributed by atoms with Crippen LogP contribution in [-0.4, -0.2) is 59.9 Å². The van der Waals surface area contributed by atoms with Gasteiger partial charge < -0.3 is 10.5 Å². The number of hydrogen-bond donors (Lipinski definition) is 1. The molecule has 2 aromatic carbocycles. The fraction of sp³-hybridized carbons (Fsp3) is 0.174. The van der Waals surface area contributed by atoms with Gasteiger partial charge in [0.25, 0.3) is 5.91 Å². The number of para-hydroxylation sites is 1. The molecule has 174 valence electrons. The largest absolute Gasteiger partial charge is 0.379 e. The molecule has 2 aliphatic rings. The van der Waals surface area contributed by atoms with Crippen LogP contribution in [0.2, 0.25) is 0 Å². The topological polar surface area (TPSA) is 120 Å². The highest BCUT2D eigenvalue weighted by atomic mass is 32.2. The number of morpholine rings is 1. The number of sulfonamides is 1. The average molecular weight is 496 g/mol. The number of amidine groups is 1. The van der Waals surface area contributed by atoms with Crippen LogP contribution in [0.4, 0.5) is 0 Å². The Balaban J connectivity index is 1.59. The van der Waals surface area contributed by atoms with E-state index in [4.69, 9.17) is 15.6 Å². The van der Waals surface area contributed by atoms with Gasteiger partial charge in [0.15, 0.2) is 5.17 Å². The number of aliphatic imine (C=N–C) groups is 1. The molecule has 34 heavy (non-hydrogen) atoms. The lowest BCUT2D eigenvalue weighted by atomic mass is 10.1. The molecule has 5 rings (SSSR count). The first-order valence-corrected chi connectivity index (χ1v) is 12.8. The number of benzene rings is 2. The highest BCUT2D eigenvalue weighted by Crippen LogP contribution is 2.32. The van der Waals surface area contributed by atoms with Gasteiger partial charge in [-0.15, -0.1) is 0 Å². The van der Waals surface area contributed by atoms with Gasteiger partial charge in [0.1, 0.15) is 5.69 Å². The fourth-order valence-electron chi connectivity index (χ4n) is 3.74. The summed E-state index contributed by atoms with van der Waals surface area (Å²) >= 11 is 1.09. The van der Waals surface area contributed by atoms with Crippen LogP contribution in [0.5, 0.6) is 0 Å². The minimum absolute atomic E-state index is 0.179. The first-order valence-electron chi connectivity index (χ1n) is 10.5. The number of amides is 1. The van der Waals surface area contributed by atoms with Crippen molar-refractivity contribution in [3.63, 3.8) is 0 Å². The lowest BCUT2D eigenvalue weighted by molar-refractivity contribution is -0.113. The van der Waals surface area contributed by atoms with Crippen LogP contribution in [-0.2, 0) is 19.6 Å². The number of thioether (sulfide) groups is 1. The van der Waals surface area contributed by atoms with Crippen LogP contribution in [0, 0.1) is 0 Å². The van der Waals surface area contributed by atoms with E-state index in [0.717, 1.165) is 17.4 Å². The highest BCUT2D eigenvalue weighted by Gasteiger charge is 2.27. The molecule has 0 saturated carbocycles. The molecule has 0 radical (unpaired) electrons. The number of carbonyl (C=O) groups excluding carboxylic acids is 1. The molecule has 1 amide bonds. The summed E-state index contributed by atoms with van der Waals surface area (Å²) in [4.78, 5) is 16.5. The van der Waals surface area contributed by atoms with E-state index in [0.29, 0.717) is 48.0 Å². The number of nitrogens with two attached hydrogens (primary N) is 1. The molecule has 9 nitrogen and oxygen atoms in total. The minimum atomic E-state index is -3.68. The molecule has 0 aliphatic carbocycles. The third-order valence-electron chi connectivity index (χ3n) is 5.40. The van der Waals surface area contributed by atoms with Crippen molar-refractivity contribution in [2.24, 2.45) is 10.7 Å². The molecule has 3 heterocycles. The summed E-state index contributed by atoms with van der Waals surface area (Å²) in [5, 5.41) is 4.91. The third-order valence-corrected chi connectivity index (χ3v) is 8.11. The Morgan fingerprint density at radius 3 is 2.53 bits per heavy atom. The predicted molar refractivity (Wildman–Crippen MR) is 131 cm³/mol. The van der Waals surface area contributed by atoms with Gasteiger partial charge in [0.2, 0.25) is 10.0 Å². The fourth-order valence-corrected chi connectivity index (χ4v) is 5.86. The monoisotopic (exact) mass is 495 g/mol. The second-order valence-corrected chi connectivity index (χ2v) is 10.6. The lowest BCUT2D eigenvalue weighted by Crippen LogP contribution is -2.40. The molecular weight excluding hydrogens is 474 g/mol. The molecule has 2 N–H and O–H groups in total. The maximum Gasteiger partial charge on any atom is 0.286 e. The maximum absolute atomic E-state index is 13.2. The molecule has 0 spiro atoms. The zero-order valence-corrected chi connectivity index (χ0v) is 19.6. The first-order chi connectivity index (χ1) is 16.4. The van der Waals surface area contributed by atoms with Crippen LogP contribution >= 0.6 is 11.8 Å². The van der Waals surface area contributed by atoms with Crippen molar-refractivity contribution < 1.29 is 17.9 Å². The third kappa shape index (κ3) is 4.42. The van der Waals surface area contributed by atoms with Crippen molar-refractivity contribution in [2.75, 3.05) is 26.3 Å². The minimum Gasteiger partial charge on any atom is -0.379 e. The van der Waals surface area contributed by atoms with E-state index < -0.39 is 15.9 Å². The molecule has 11 heteroatoms. The number of rotatable bonds is 5. The van der Waals surface area contributed by atoms with E-state index in [9.17, 15) is 13.2 Å². The van der Waals surface area contributed by atoms with E-state index >= 15 is 0 Å². The smallest absolute Gasteiger partial charge is 0.286 e. The SMILES string of the molecule is NC1=NC(=O)/C(=C/c2cn(-c3ccccc3)nc2-c2cccc(S(=O)(=O)N3CCOCC3)c2)S1. The molecule has 0 unspecified atom stereocenters. The van der Waals surface area contributed by atoms with Crippen molar-refractivity contribution in [1.82, 2.24) is 14.1 Å². The number of ether oxygens (including phenoxy) is 1. The van der Waals surface area contributed by atoms with Crippen molar-refractivity contribution >= 4 is 38.9 Å². The summed E-state index contributed by atoms with van der Waals surface area (Å²) in [7, 11) is -3.68. The van der Waals surface area contributed by atoms with Gasteiger partial charge in [-0.1, -0.05) is 30.3 Å². The molecule has 1 aromatic heterocycles. The van der Waals surface area contributed by atoms with Gasteiger partial charge in [0, 0.05) is 30.4 Å². The van der Waals surface area contributed by atoms with E-state index in [-0.39, 0.29) is 10.1 Å². The van der Waals surface area contributed by atoms with Gasteiger partial charge in [-0.2, -0.15) is 14.4 Å². The van der Waals surface area contributed by atoms with Crippen molar-refractivity contribution in [1.29, 1.82) is 0 Å². The summed E-state index contributed by atoms with van der Waals surface area (Å²) in [6.45, 7) is 1.37. The molecule has 2 aliphatic heterocycles. The Hall–Kier alpha value is -3.25. The Labute approximate surface area is 201 Å². The Kier molecular flexibility index (Phi) is 6.09. The standard InChI is InChI=1S/C23H21N5O4S2/c24-23-25-22(29)20(33-23)14-17-15-28(18-6-2-1-3-7-18)26-21(17)16-5-4-8-19(13-16)34(30,31)27-9-11-32-12-10-27/h1-8,13-15H,9-12H2,(H2,24,25,29)/b20-14-. The summed E-state index contributed by atoms with van der Waals surface area (Å²) in [5.74, 6) is -0.412. The van der Waals surface area contributed by atoms with Crippen LogP contribution in [0.15, 0.2) is 75.6 Å². The van der Waals surface area contributed by atoms with E-state index in [1.165, 1.54) is 4.31 Å². The molecular formula is C23H21N5O4S2. The summed E-state index contributed by atoms with van der Waals surface area (Å²) in [5.41, 5.74) is 8.32. The predicted octanol–water partition coefficient (Wildman–Crippen LogP) is 2.49. The van der Waals surface area contributed by atoms with Crippen LogP contribution in [0.1, 0.15) is 5.56 Å². The average Bonchev–Trinajstić information content (AvgIpc) is 3.42. The zero-order valence-electron chi connectivity index (χ0n) is 18.0. The van der Waals surface area contributed by atoms with Gasteiger partial charge in [-0.25, -0.2) is 13.1 Å². The summed E-state index contributed by atoms with van der Waals surface area (Å²) in [6, 6.07) is 16.2. The van der Waals surface area contributed by atoms with Crippen LogP contribution in [0.3, 0.4) is 0 Å². The zero-order chi connectivity index (χ0) is 23.7. The van der Waals surface area contributed by atoms with E-state index in [2.05, 4.69) is 4.99 Å². The second-order valence-electron chi connectivity index (χ2n) is 7.62. The number of carbonyl (C=O) groups is 1. The van der Waals surface area contributed by atoms with Crippen molar-refractivity contribution in [2.45, 2.75) is 4.90 Å². The number of nitrogens with zero attached hydrogens (tertiary/aromatic N) is 4. The summed E-state index contributed by atoms with van der Waals surface area (Å²) in [6.07, 6.45) is 3.48. The summed E-state index contributed by atoms with van der Waals surface area (Å²) < 4.78 is 34.8. The Morgan fingerprint density at radius 1 is 1.06 bits per heavy atom. The van der Waals surface area contributed by atoms with Crippen molar-refractivity contribution in [3.05, 3.63) is 71.3 Å². The second kappa shape index (κ2) is 9.18. The number of aromatic nitrogens is 2. The van der Waals surface area contributed by atoms with E-state index in [1.807, 2.05) is 30.3 Å². The maximum atomic E-state index is 13.2. The highest BCUT2D eigenvalue weighted by molar-refractivity contribution is 8.18. The molecule has 0 bridgehead atoms. The van der Waals surface area contributed by atoms with Crippen LogP contribution < -0.4 is 5.73 Å². The van der Waals surface area contributed by atoms with Crippen LogP contribution in [0.25, 0.3) is 23.0 Å². The molecule has 1 fully saturated rings. The molecule has 3 aromatic rings.